The van der Waals surface area contributed by atoms with Crippen molar-refractivity contribution in [2.75, 3.05) is 19.6 Å². The second kappa shape index (κ2) is 9.09. The van der Waals surface area contributed by atoms with Gasteiger partial charge in [0.2, 0.25) is 5.91 Å². The van der Waals surface area contributed by atoms with Gasteiger partial charge in [-0.15, -0.1) is 12.4 Å². The number of nitrogens with zero attached hydrogens (tertiary/aromatic N) is 1. The average molecular weight is 332 g/mol. The van der Waals surface area contributed by atoms with E-state index >= 15 is 0 Å². The standard InChI is InChI=1S/C17H33N3O.ClH/c1-14(2)15(18)16(21)19-13-17(9-5-3-6-10-17)20-11-7-4-8-12-20;/h14-15H,3-13,18H2,1-2H3,(H,19,21);1H/t15-;/m1./s1. The zero-order valence-electron chi connectivity index (χ0n) is 14.3. The van der Waals surface area contributed by atoms with E-state index in [1.54, 1.807) is 0 Å². The largest absolute Gasteiger partial charge is 0.353 e. The molecule has 0 spiro atoms. The molecule has 0 aromatic heterocycles. The number of likely N-dealkylation sites (tertiary alicyclic amines) is 1. The Bertz CT molecular complexity index is 337. The van der Waals surface area contributed by atoms with Crippen LogP contribution >= 0.6 is 12.4 Å². The molecule has 1 atom stereocenters. The molecule has 1 aliphatic carbocycles. The van der Waals surface area contributed by atoms with Gasteiger partial charge in [-0.25, -0.2) is 0 Å². The number of rotatable bonds is 5. The summed E-state index contributed by atoms with van der Waals surface area (Å²) in [7, 11) is 0. The third-order valence-electron chi connectivity index (χ3n) is 5.42. The van der Waals surface area contributed by atoms with Gasteiger partial charge in [-0.2, -0.15) is 0 Å². The Balaban J connectivity index is 0.00000242. The molecule has 1 saturated carbocycles. The Labute approximate surface area is 142 Å². The van der Waals surface area contributed by atoms with Gasteiger partial charge in [0.15, 0.2) is 0 Å². The fraction of sp³-hybridized carbons (Fsp3) is 0.941. The first-order valence-electron chi connectivity index (χ1n) is 8.83. The number of halogens is 1. The van der Waals surface area contributed by atoms with Crippen LogP contribution in [0.1, 0.15) is 65.2 Å². The van der Waals surface area contributed by atoms with E-state index in [1.807, 2.05) is 13.8 Å². The molecule has 1 saturated heterocycles. The SMILES string of the molecule is CC(C)[C@@H](N)C(=O)NCC1(N2CCCCC2)CCCCC1.Cl. The number of hydrogen-bond donors (Lipinski definition) is 2. The summed E-state index contributed by atoms with van der Waals surface area (Å²) in [4.78, 5) is 14.9. The summed E-state index contributed by atoms with van der Waals surface area (Å²) >= 11 is 0. The Morgan fingerprint density at radius 1 is 1.09 bits per heavy atom. The van der Waals surface area contributed by atoms with Crippen molar-refractivity contribution in [3.8, 4) is 0 Å². The van der Waals surface area contributed by atoms with Gasteiger partial charge >= 0.3 is 0 Å². The molecule has 130 valence electrons. The zero-order chi connectivity index (χ0) is 15.3. The van der Waals surface area contributed by atoms with Crippen molar-refractivity contribution in [1.82, 2.24) is 10.2 Å². The number of hydrogen-bond acceptors (Lipinski definition) is 3. The molecule has 1 heterocycles. The van der Waals surface area contributed by atoms with E-state index < -0.39 is 0 Å². The molecule has 3 N–H and O–H groups in total. The maximum Gasteiger partial charge on any atom is 0.237 e. The number of carbonyl (C=O) groups excluding carboxylic acids is 1. The lowest BCUT2D eigenvalue weighted by molar-refractivity contribution is -0.124. The van der Waals surface area contributed by atoms with Crippen molar-refractivity contribution in [2.24, 2.45) is 11.7 Å². The maximum absolute atomic E-state index is 12.2. The third-order valence-corrected chi connectivity index (χ3v) is 5.42. The lowest BCUT2D eigenvalue weighted by Gasteiger charge is -2.48. The summed E-state index contributed by atoms with van der Waals surface area (Å²) in [5.41, 5.74) is 6.17. The normalized spacial score (nSPS) is 23.6. The van der Waals surface area contributed by atoms with Gasteiger partial charge in [0, 0.05) is 12.1 Å². The van der Waals surface area contributed by atoms with Crippen LogP contribution in [0, 0.1) is 5.92 Å². The van der Waals surface area contributed by atoms with Crippen LogP contribution in [-0.4, -0.2) is 42.0 Å². The van der Waals surface area contributed by atoms with Crippen molar-refractivity contribution >= 4 is 18.3 Å². The maximum atomic E-state index is 12.2. The van der Waals surface area contributed by atoms with E-state index in [9.17, 15) is 4.79 Å². The Morgan fingerprint density at radius 2 is 1.64 bits per heavy atom. The highest BCUT2D eigenvalue weighted by molar-refractivity contribution is 5.85. The molecule has 5 heteroatoms. The van der Waals surface area contributed by atoms with Crippen LogP contribution in [0.15, 0.2) is 0 Å². The van der Waals surface area contributed by atoms with E-state index in [0.717, 1.165) is 6.54 Å². The van der Waals surface area contributed by atoms with Crippen molar-refractivity contribution in [1.29, 1.82) is 0 Å². The highest BCUT2D eigenvalue weighted by atomic mass is 35.5. The van der Waals surface area contributed by atoms with Gasteiger partial charge in [0.05, 0.1) is 6.04 Å². The van der Waals surface area contributed by atoms with Crippen LogP contribution in [-0.2, 0) is 4.79 Å². The average Bonchev–Trinajstić information content (AvgIpc) is 2.53. The summed E-state index contributed by atoms with van der Waals surface area (Å²) < 4.78 is 0. The van der Waals surface area contributed by atoms with Crippen molar-refractivity contribution in [3.05, 3.63) is 0 Å². The monoisotopic (exact) mass is 331 g/mol. The van der Waals surface area contributed by atoms with Gasteiger partial charge in [-0.3, -0.25) is 9.69 Å². The van der Waals surface area contributed by atoms with E-state index in [0.29, 0.717) is 0 Å². The topological polar surface area (TPSA) is 58.4 Å². The number of amides is 1. The Hall–Kier alpha value is -0.320. The molecule has 2 fully saturated rings. The zero-order valence-corrected chi connectivity index (χ0v) is 15.1. The molecule has 2 aliphatic rings. The number of nitrogens with one attached hydrogen (secondary N) is 1. The summed E-state index contributed by atoms with van der Waals surface area (Å²) in [6.45, 7) is 7.20. The predicted octanol–water partition coefficient (Wildman–Crippen LogP) is 2.70. The summed E-state index contributed by atoms with van der Waals surface area (Å²) in [5, 5.41) is 3.17. The quantitative estimate of drug-likeness (QED) is 0.814. The molecule has 2 rings (SSSR count). The lowest BCUT2D eigenvalue weighted by atomic mass is 9.79. The molecule has 1 amide bonds. The smallest absolute Gasteiger partial charge is 0.237 e. The van der Waals surface area contributed by atoms with Gasteiger partial charge < -0.3 is 11.1 Å². The van der Waals surface area contributed by atoms with Crippen molar-refractivity contribution < 1.29 is 4.79 Å². The minimum Gasteiger partial charge on any atom is -0.353 e. The molecular formula is C17H34ClN3O. The molecular weight excluding hydrogens is 298 g/mol. The number of nitrogens with two attached hydrogens (primary N) is 1. The highest BCUT2D eigenvalue weighted by Crippen LogP contribution is 2.35. The number of piperidine rings is 1. The van der Waals surface area contributed by atoms with Crippen LogP contribution in [0.25, 0.3) is 0 Å². The highest BCUT2D eigenvalue weighted by Gasteiger charge is 2.38. The van der Waals surface area contributed by atoms with E-state index in [4.69, 9.17) is 5.73 Å². The van der Waals surface area contributed by atoms with Crippen LogP contribution < -0.4 is 11.1 Å². The van der Waals surface area contributed by atoms with Crippen LogP contribution in [0.3, 0.4) is 0 Å². The summed E-state index contributed by atoms with van der Waals surface area (Å²) in [5.74, 6) is 0.217. The number of carbonyl (C=O) groups is 1. The summed E-state index contributed by atoms with van der Waals surface area (Å²) in [6, 6.07) is -0.382. The second-order valence-corrected chi connectivity index (χ2v) is 7.32. The molecule has 1 aliphatic heterocycles. The van der Waals surface area contributed by atoms with Gasteiger partial charge in [-0.05, 0) is 44.7 Å². The first-order chi connectivity index (χ1) is 10.1. The first-order valence-corrected chi connectivity index (χ1v) is 8.83. The van der Waals surface area contributed by atoms with E-state index in [-0.39, 0.29) is 35.8 Å². The van der Waals surface area contributed by atoms with Gasteiger partial charge in [-0.1, -0.05) is 39.5 Å². The van der Waals surface area contributed by atoms with Crippen LogP contribution in [0.4, 0.5) is 0 Å². The third kappa shape index (κ3) is 4.84. The molecule has 0 aromatic rings. The van der Waals surface area contributed by atoms with Gasteiger partial charge in [0.1, 0.15) is 0 Å². The Kier molecular flexibility index (Phi) is 8.15. The van der Waals surface area contributed by atoms with Crippen molar-refractivity contribution in [2.45, 2.75) is 76.8 Å². The van der Waals surface area contributed by atoms with E-state index in [1.165, 1.54) is 64.5 Å². The molecule has 0 bridgehead atoms. The minimum atomic E-state index is -0.382. The molecule has 0 aromatic carbocycles. The van der Waals surface area contributed by atoms with E-state index in [2.05, 4.69) is 10.2 Å². The lowest BCUT2D eigenvalue weighted by Crippen LogP contribution is -2.59. The fourth-order valence-corrected chi connectivity index (χ4v) is 3.86. The second-order valence-electron chi connectivity index (χ2n) is 7.32. The van der Waals surface area contributed by atoms with Gasteiger partial charge in [0.25, 0.3) is 0 Å². The predicted molar refractivity (Wildman–Crippen MR) is 94.3 cm³/mol. The van der Waals surface area contributed by atoms with Crippen molar-refractivity contribution in [3.63, 3.8) is 0 Å². The minimum absolute atomic E-state index is 0. The molecule has 4 nitrogen and oxygen atoms in total. The van der Waals surface area contributed by atoms with Crippen LogP contribution in [0.2, 0.25) is 0 Å². The molecule has 0 unspecified atom stereocenters. The molecule has 22 heavy (non-hydrogen) atoms. The Morgan fingerprint density at radius 3 is 2.18 bits per heavy atom. The first kappa shape index (κ1) is 19.7. The molecule has 0 radical (unpaired) electrons. The fourth-order valence-electron chi connectivity index (χ4n) is 3.86. The summed E-state index contributed by atoms with van der Waals surface area (Å²) in [6.07, 6.45) is 10.4. The van der Waals surface area contributed by atoms with Crippen LogP contribution in [0.5, 0.6) is 0 Å².